The summed E-state index contributed by atoms with van der Waals surface area (Å²) in [7, 11) is 0. The van der Waals surface area contributed by atoms with Gasteiger partial charge < -0.3 is 9.84 Å². The van der Waals surface area contributed by atoms with Crippen molar-refractivity contribution in [3.05, 3.63) is 29.9 Å². The van der Waals surface area contributed by atoms with Crippen molar-refractivity contribution in [3.8, 4) is 11.4 Å². The molecule has 5 nitrogen and oxygen atoms in total. The van der Waals surface area contributed by atoms with Crippen LogP contribution in [0.2, 0.25) is 0 Å². The smallest absolute Gasteiger partial charge is 0.231 e. The molecule has 1 fully saturated rings. The molecule has 1 saturated carbocycles. The number of nitrogens with one attached hydrogen (secondary N) is 1. The molecule has 5 heteroatoms. The van der Waals surface area contributed by atoms with E-state index in [0.717, 1.165) is 30.0 Å². The monoisotopic (exact) mass is 272 g/mol. The molecule has 0 spiro atoms. The van der Waals surface area contributed by atoms with Crippen molar-refractivity contribution in [2.75, 3.05) is 6.54 Å². The molecule has 1 aliphatic carbocycles. The molecule has 1 aliphatic rings. The zero-order valence-electron chi connectivity index (χ0n) is 12.0. The van der Waals surface area contributed by atoms with Crippen LogP contribution in [0.4, 0.5) is 0 Å². The molecule has 2 unspecified atom stereocenters. The minimum atomic E-state index is 0.346. The van der Waals surface area contributed by atoms with E-state index in [4.69, 9.17) is 4.52 Å². The Labute approximate surface area is 118 Å². The largest absolute Gasteiger partial charge is 0.339 e. The number of hydrogen-bond donors (Lipinski definition) is 1. The average molecular weight is 272 g/mol. The Morgan fingerprint density at radius 3 is 3.10 bits per heavy atom. The molecule has 0 aliphatic heterocycles. The fourth-order valence-corrected chi connectivity index (χ4v) is 2.98. The molecule has 2 heterocycles. The van der Waals surface area contributed by atoms with Crippen molar-refractivity contribution in [2.24, 2.45) is 0 Å². The molecule has 2 atom stereocenters. The second-order valence-electron chi connectivity index (χ2n) is 5.35. The predicted molar refractivity (Wildman–Crippen MR) is 76.3 cm³/mol. The standard InChI is InChI=1S/C15H20N4O/c1-3-17-13-6-4-5-12(13)15-18-14(19-20-15)11-7-8-16-9-10(11)2/h7-9,12-13,17H,3-6H2,1-2H3. The van der Waals surface area contributed by atoms with Gasteiger partial charge in [0.05, 0.1) is 5.92 Å². The first kappa shape index (κ1) is 13.2. The van der Waals surface area contributed by atoms with Gasteiger partial charge in [0.1, 0.15) is 0 Å². The molecule has 0 bridgehead atoms. The van der Waals surface area contributed by atoms with Gasteiger partial charge in [-0.1, -0.05) is 18.5 Å². The second-order valence-corrected chi connectivity index (χ2v) is 5.35. The Balaban J connectivity index is 1.85. The highest BCUT2D eigenvalue weighted by Crippen LogP contribution is 2.34. The zero-order valence-corrected chi connectivity index (χ0v) is 12.0. The first-order valence-electron chi connectivity index (χ1n) is 7.27. The average Bonchev–Trinajstić information content (AvgIpc) is 3.08. The number of likely N-dealkylation sites (N-methyl/N-ethyl adjacent to an activating group) is 1. The molecule has 106 valence electrons. The summed E-state index contributed by atoms with van der Waals surface area (Å²) < 4.78 is 5.51. The summed E-state index contributed by atoms with van der Waals surface area (Å²) in [5.74, 6) is 1.78. The fourth-order valence-electron chi connectivity index (χ4n) is 2.98. The van der Waals surface area contributed by atoms with E-state index in [1.165, 1.54) is 12.8 Å². The van der Waals surface area contributed by atoms with E-state index in [0.29, 0.717) is 17.8 Å². The van der Waals surface area contributed by atoms with Gasteiger partial charge in [-0.05, 0) is 37.9 Å². The third-order valence-electron chi connectivity index (χ3n) is 4.00. The van der Waals surface area contributed by atoms with E-state index < -0.39 is 0 Å². The van der Waals surface area contributed by atoms with Gasteiger partial charge in [-0.15, -0.1) is 0 Å². The molecule has 2 aromatic rings. The number of nitrogens with zero attached hydrogens (tertiary/aromatic N) is 3. The SMILES string of the molecule is CCNC1CCCC1c1nc(-c2ccncc2C)no1. The molecule has 20 heavy (non-hydrogen) atoms. The Bertz CT molecular complexity index is 581. The van der Waals surface area contributed by atoms with Crippen LogP contribution in [0.15, 0.2) is 23.0 Å². The Kier molecular flexibility index (Phi) is 3.78. The maximum atomic E-state index is 5.51. The van der Waals surface area contributed by atoms with Crippen LogP contribution in [0.3, 0.4) is 0 Å². The first-order valence-corrected chi connectivity index (χ1v) is 7.27. The summed E-state index contributed by atoms with van der Waals surface area (Å²) in [6.07, 6.45) is 7.10. The molecular formula is C15H20N4O. The van der Waals surface area contributed by atoms with E-state index >= 15 is 0 Å². The van der Waals surface area contributed by atoms with Gasteiger partial charge in [-0.25, -0.2) is 0 Å². The van der Waals surface area contributed by atoms with E-state index in [1.54, 1.807) is 6.20 Å². The van der Waals surface area contributed by atoms with Crippen molar-refractivity contribution in [2.45, 2.75) is 45.1 Å². The van der Waals surface area contributed by atoms with Gasteiger partial charge in [-0.3, -0.25) is 4.98 Å². The zero-order chi connectivity index (χ0) is 13.9. The molecule has 1 N–H and O–H groups in total. The van der Waals surface area contributed by atoms with Crippen LogP contribution in [0.5, 0.6) is 0 Å². The maximum Gasteiger partial charge on any atom is 0.231 e. The topological polar surface area (TPSA) is 63.8 Å². The van der Waals surface area contributed by atoms with Crippen LogP contribution >= 0.6 is 0 Å². The highest BCUT2D eigenvalue weighted by molar-refractivity contribution is 5.58. The van der Waals surface area contributed by atoms with E-state index in [9.17, 15) is 0 Å². The normalized spacial score (nSPS) is 22.3. The number of hydrogen-bond acceptors (Lipinski definition) is 5. The Morgan fingerprint density at radius 1 is 1.40 bits per heavy atom. The van der Waals surface area contributed by atoms with Gasteiger partial charge >= 0.3 is 0 Å². The van der Waals surface area contributed by atoms with E-state index in [-0.39, 0.29) is 0 Å². The van der Waals surface area contributed by atoms with Crippen LogP contribution in [-0.4, -0.2) is 27.7 Å². The Morgan fingerprint density at radius 2 is 2.30 bits per heavy atom. The molecule has 0 amide bonds. The van der Waals surface area contributed by atoms with Crippen LogP contribution in [0, 0.1) is 6.92 Å². The summed E-state index contributed by atoms with van der Waals surface area (Å²) in [4.78, 5) is 8.71. The van der Waals surface area contributed by atoms with Crippen molar-refractivity contribution in [3.63, 3.8) is 0 Å². The van der Waals surface area contributed by atoms with Crippen molar-refractivity contribution >= 4 is 0 Å². The lowest BCUT2D eigenvalue weighted by Crippen LogP contribution is -2.31. The van der Waals surface area contributed by atoms with Gasteiger partial charge in [0.15, 0.2) is 0 Å². The highest BCUT2D eigenvalue weighted by atomic mass is 16.5. The Hall–Kier alpha value is -1.75. The molecule has 3 rings (SSSR count). The van der Waals surface area contributed by atoms with Crippen molar-refractivity contribution in [1.82, 2.24) is 20.4 Å². The molecule has 2 aromatic heterocycles. The van der Waals surface area contributed by atoms with Gasteiger partial charge in [0.2, 0.25) is 11.7 Å². The van der Waals surface area contributed by atoms with Gasteiger partial charge in [-0.2, -0.15) is 4.98 Å². The van der Waals surface area contributed by atoms with Gasteiger partial charge in [0.25, 0.3) is 0 Å². The second kappa shape index (κ2) is 5.71. The highest BCUT2D eigenvalue weighted by Gasteiger charge is 2.32. The number of aromatic nitrogens is 3. The quantitative estimate of drug-likeness (QED) is 0.927. The summed E-state index contributed by atoms with van der Waals surface area (Å²) in [6, 6.07) is 2.40. The molecular weight excluding hydrogens is 252 g/mol. The van der Waals surface area contributed by atoms with Crippen molar-refractivity contribution < 1.29 is 4.52 Å². The lowest BCUT2D eigenvalue weighted by atomic mass is 10.0. The number of rotatable bonds is 4. The van der Waals surface area contributed by atoms with Crippen molar-refractivity contribution in [1.29, 1.82) is 0 Å². The summed E-state index contributed by atoms with van der Waals surface area (Å²) >= 11 is 0. The van der Waals surface area contributed by atoms with E-state index in [2.05, 4.69) is 27.4 Å². The summed E-state index contributed by atoms with van der Waals surface area (Å²) in [5.41, 5.74) is 2.06. The number of aryl methyl sites for hydroxylation is 1. The lowest BCUT2D eigenvalue weighted by Gasteiger charge is -2.16. The maximum absolute atomic E-state index is 5.51. The fraction of sp³-hybridized carbons (Fsp3) is 0.533. The molecule has 0 saturated heterocycles. The first-order chi connectivity index (χ1) is 9.79. The number of pyridine rings is 1. The third-order valence-corrected chi connectivity index (χ3v) is 4.00. The van der Waals surface area contributed by atoms with Crippen LogP contribution < -0.4 is 5.32 Å². The minimum Gasteiger partial charge on any atom is -0.339 e. The summed E-state index contributed by atoms with van der Waals surface area (Å²) in [6.45, 7) is 5.12. The predicted octanol–water partition coefficient (Wildman–Crippen LogP) is 2.69. The van der Waals surface area contributed by atoms with E-state index in [1.807, 2.05) is 19.2 Å². The van der Waals surface area contributed by atoms with Gasteiger partial charge in [0, 0.05) is 24.0 Å². The molecule has 0 aromatic carbocycles. The van der Waals surface area contributed by atoms with Crippen LogP contribution in [0.25, 0.3) is 11.4 Å². The third kappa shape index (κ3) is 2.45. The molecule has 0 radical (unpaired) electrons. The minimum absolute atomic E-state index is 0.346. The summed E-state index contributed by atoms with van der Waals surface area (Å²) in [5, 5.41) is 7.66. The lowest BCUT2D eigenvalue weighted by molar-refractivity contribution is 0.332. The van der Waals surface area contributed by atoms with Crippen LogP contribution in [-0.2, 0) is 0 Å². The van der Waals surface area contributed by atoms with Crippen LogP contribution in [0.1, 0.15) is 43.6 Å².